The van der Waals surface area contributed by atoms with Crippen molar-refractivity contribution in [3.8, 4) is 0 Å². The van der Waals surface area contributed by atoms with Gasteiger partial charge in [0.2, 0.25) is 0 Å². The van der Waals surface area contributed by atoms with Gasteiger partial charge in [0.15, 0.2) is 0 Å². The van der Waals surface area contributed by atoms with E-state index in [9.17, 15) is 0 Å². The predicted molar refractivity (Wildman–Crippen MR) is 63.1 cm³/mol. The lowest BCUT2D eigenvalue weighted by Crippen LogP contribution is -2.17. The fourth-order valence-corrected chi connectivity index (χ4v) is 2.36. The molecule has 5 heteroatoms. The number of aromatic nitrogens is 1. The smallest absolute Gasteiger partial charge is 0.113 e. The zero-order valence-corrected chi connectivity index (χ0v) is 11.0. The zero-order chi connectivity index (χ0) is 10.6. The molecule has 1 atom stereocenters. The van der Waals surface area contributed by atoms with E-state index >= 15 is 0 Å². The number of hydrogen-bond donors (Lipinski definition) is 1. The van der Waals surface area contributed by atoms with Crippen molar-refractivity contribution in [1.82, 2.24) is 4.98 Å². The Bertz CT molecular complexity index is 307. The molecule has 1 rings (SSSR count). The Morgan fingerprint density at radius 3 is 2.79 bits per heavy atom. The van der Waals surface area contributed by atoms with Crippen LogP contribution in [0.2, 0.25) is 0 Å². The topological polar surface area (TPSA) is 48.1 Å². The third kappa shape index (κ3) is 3.02. The van der Waals surface area contributed by atoms with Gasteiger partial charge in [-0.3, -0.25) is 4.98 Å². The molecule has 0 aliphatic carbocycles. The van der Waals surface area contributed by atoms with Crippen LogP contribution in [0.25, 0.3) is 0 Å². The molecule has 0 aliphatic heterocycles. The van der Waals surface area contributed by atoms with E-state index in [1.807, 2.05) is 13.0 Å². The van der Waals surface area contributed by atoms with Crippen LogP contribution in [0.15, 0.2) is 21.2 Å². The fraction of sp³-hybridized carbons (Fsp3) is 0.444. The van der Waals surface area contributed by atoms with Gasteiger partial charge < -0.3 is 10.5 Å². The van der Waals surface area contributed by atoms with E-state index in [1.165, 1.54) is 0 Å². The predicted octanol–water partition coefficient (Wildman–Crippen LogP) is 2.64. The average molecular weight is 324 g/mol. The van der Waals surface area contributed by atoms with Crippen LogP contribution in [0.5, 0.6) is 0 Å². The van der Waals surface area contributed by atoms with Crippen LogP contribution in [0.1, 0.15) is 18.7 Å². The number of rotatable bonds is 4. The van der Waals surface area contributed by atoms with Crippen LogP contribution in [0.3, 0.4) is 0 Å². The normalized spacial score (nSPS) is 12.9. The number of halogens is 2. The van der Waals surface area contributed by atoms with Crippen LogP contribution in [-0.2, 0) is 4.74 Å². The molecule has 0 spiro atoms. The van der Waals surface area contributed by atoms with Gasteiger partial charge >= 0.3 is 0 Å². The highest BCUT2D eigenvalue weighted by Crippen LogP contribution is 2.25. The first-order chi connectivity index (χ1) is 6.69. The Hall–Kier alpha value is 0.0300. The Balaban J connectivity index is 2.92. The molecule has 0 saturated heterocycles. The summed E-state index contributed by atoms with van der Waals surface area (Å²) in [7, 11) is 0. The van der Waals surface area contributed by atoms with Crippen molar-refractivity contribution in [2.24, 2.45) is 5.73 Å². The lowest BCUT2D eigenvalue weighted by atomic mass is 10.2. The summed E-state index contributed by atoms with van der Waals surface area (Å²) in [6.07, 6.45) is 1.60. The maximum absolute atomic E-state index is 5.60. The first kappa shape index (κ1) is 12.1. The van der Waals surface area contributed by atoms with E-state index in [1.54, 1.807) is 6.20 Å². The van der Waals surface area contributed by atoms with Crippen molar-refractivity contribution in [2.45, 2.75) is 13.0 Å². The minimum atomic E-state index is -0.137. The van der Waals surface area contributed by atoms with Crippen LogP contribution in [0.4, 0.5) is 0 Å². The van der Waals surface area contributed by atoms with Gasteiger partial charge in [-0.1, -0.05) is 0 Å². The zero-order valence-electron chi connectivity index (χ0n) is 7.84. The van der Waals surface area contributed by atoms with Crippen molar-refractivity contribution < 1.29 is 4.74 Å². The van der Waals surface area contributed by atoms with Gasteiger partial charge in [0, 0.05) is 28.3 Å². The van der Waals surface area contributed by atoms with Crippen molar-refractivity contribution in [2.75, 3.05) is 13.2 Å². The summed E-state index contributed by atoms with van der Waals surface area (Å²) in [4.78, 5) is 4.27. The summed E-state index contributed by atoms with van der Waals surface area (Å²) in [5, 5.41) is 0. The summed E-state index contributed by atoms with van der Waals surface area (Å²) >= 11 is 6.77. The Labute approximate surface area is 100 Å². The van der Waals surface area contributed by atoms with E-state index in [2.05, 4.69) is 36.8 Å². The van der Waals surface area contributed by atoms with Crippen molar-refractivity contribution in [3.05, 3.63) is 26.9 Å². The fourth-order valence-electron chi connectivity index (χ4n) is 1.12. The van der Waals surface area contributed by atoms with E-state index in [0.29, 0.717) is 13.2 Å². The quantitative estimate of drug-likeness (QED) is 0.926. The standard InChI is InChI=1S/C9H12Br2N2O/c1-2-14-8(4-12)9-7(11)3-6(10)5-13-9/h3,5,8H,2,4,12H2,1H3. The first-order valence-electron chi connectivity index (χ1n) is 4.31. The van der Waals surface area contributed by atoms with Gasteiger partial charge in [-0.25, -0.2) is 0 Å². The monoisotopic (exact) mass is 322 g/mol. The molecule has 14 heavy (non-hydrogen) atoms. The van der Waals surface area contributed by atoms with Gasteiger partial charge in [-0.15, -0.1) is 0 Å². The SMILES string of the molecule is CCOC(CN)c1ncc(Br)cc1Br. The van der Waals surface area contributed by atoms with Crippen molar-refractivity contribution >= 4 is 31.9 Å². The molecule has 1 heterocycles. The van der Waals surface area contributed by atoms with E-state index in [4.69, 9.17) is 10.5 Å². The molecule has 0 radical (unpaired) electrons. The van der Waals surface area contributed by atoms with E-state index < -0.39 is 0 Å². The van der Waals surface area contributed by atoms with Gasteiger partial charge in [0.05, 0.1) is 5.69 Å². The summed E-state index contributed by atoms with van der Waals surface area (Å²) < 4.78 is 7.31. The number of pyridine rings is 1. The number of ether oxygens (including phenoxy) is 1. The lowest BCUT2D eigenvalue weighted by molar-refractivity contribution is 0.0653. The van der Waals surface area contributed by atoms with Crippen LogP contribution in [-0.4, -0.2) is 18.1 Å². The lowest BCUT2D eigenvalue weighted by Gasteiger charge is -2.15. The number of nitrogens with two attached hydrogens (primary N) is 1. The average Bonchev–Trinajstić information content (AvgIpc) is 2.15. The summed E-state index contributed by atoms with van der Waals surface area (Å²) in [6, 6.07) is 1.93. The first-order valence-corrected chi connectivity index (χ1v) is 5.90. The molecular weight excluding hydrogens is 312 g/mol. The van der Waals surface area contributed by atoms with Crippen LogP contribution in [0, 0.1) is 0 Å². The van der Waals surface area contributed by atoms with E-state index in [0.717, 1.165) is 14.6 Å². The van der Waals surface area contributed by atoms with Crippen molar-refractivity contribution in [3.63, 3.8) is 0 Å². The van der Waals surface area contributed by atoms with E-state index in [-0.39, 0.29) is 6.10 Å². The maximum Gasteiger partial charge on any atom is 0.113 e. The van der Waals surface area contributed by atoms with Gasteiger partial charge in [-0.2, -0.15) is 0 Å². The molecule has 3 nitrogen and oxygen atoms in total. The third-order valence-corrected chi connectivity index (χ3v) is 2.79. The second-order valence-corrected chi connectivity index (χ2v) is 4.47. The Morgan fingerprint density at radius 1 is 1.57 bits per heavy atom. The molecule has 1 unspecified atom stereocenters. The minimum Gasteiger partial charge on any atom is -0.371 e. The Morgan fingerprint density at radius 2 is 2.29 bits per heavy atom. The molecular formula is C9H12Br2N2O. The highest BCUT2D eigenvalue weighted by Gasteiger charge is 2.14. The summed E-state index contributed by atoms with van der Waals surface area (Å²) in [5.41, 5.74) is 6.45. The van der Waals surface area contributed by atoms with Gasteiger partial charge in [0.25, 0.3) is 0 Å². The van der Waals surface area contributed by atoms with Crippen molar-refractivity contribution in [1.29, 1.82) is 0 Å². The highest BCUT2D eigenvalue weighted by molar-refractivity contribution is 9.11. The molecule has 0 fully saturated rings. The second kappa shape index (κ2) is 5.80. The molecule has 0 aliphatic rings. The summed E-state index contributed by atoms with van der Waals surface area (Å²) in [6.45, 7) is 3.00. The second-order valence-electron chi connectivity index (χ2n) is 2.70. The maximum atomic E-state index is 5.60. The number of nitrogens with zero attached hydrogens (tertiary/aromatic N) is 1. The molecule has 2 N–H and O–H groups in total. The minimum absolute atomic E-state index is 0.137. The Kier molecular flexibility index (Phi) is 5.01. The van der Waals surface area contributed by atoms with Crippen LogP contribution >= 0.6 is 31.9 Å². The van der Waals surface area contributed by atoms with Gasteiger partial charge in [-0.05, 0) is 44.8 Å². The molecule has 1 aromatic rings. The third-order valence-electron chi connectivity index (χ3n) is 1.72. The molecule has 78 valence electrons. The molecule has 0 aromatic carbocycles. The van der Waals surface area contributed by atoms with Gasteiger partial charge in [0.1, 0.15) is 6.10 Å². The molecule has 0 bridgehead atoms. The molecule has 0 amide bonds. The highest BCUT2D eigenvalue weighted by atomic mass is 79.9. The molecule has 1 aromatic heterocycles. The largest absolute Gasteiger partial charge is 0.371 e. The summed E-state index contributed by atoms with van der Waals surface area (Å²) in [5.74, 6) is 0. The molecule has 0 saturated carbocycles. The number of hydrogen-bond acceptors (Lipinski definition) is 3. The van der Waals surface area contributed by atoms with Crippen LogP contribution < -0.4 is 5.73 Å².